The molecule has 0 amide bonds. The molecule has 0 fully saturated rings. The van der Waals surface area contributed by atoms with Gasteiger partial charge in [-0.15, -0.1) is 0 Å². The van der Waals surface area contributed by atoms with Gasteiger partial charge in [0.2, 0.25) is 0 Å². The van der Waals surface area contributed by atoms with Crippen LogP contribution < -0.4 is 0 Å². The lowest BCUT2D eigenvalue weighted by Gasteiger charge is -1.99. The second-order valence-electron chi connectivity index (χ2n) is 4.05. The Bertz CT molecular complexity index is 600. The van der Waals surface area contributed by atoms with Crippen molar-refractivity contribution >= 4 is 11.6 Å². The highest BCUT2D eigenvalue weighted by Gasteiger charge is 1.96. The van der Waals surface area contributed by atoms with Crippen LogP contribution in [-0.4, -0.2) is 0 Å². The molecule has 0 radical (unpaired) electrons. The number of aryl methyl sites for hydroxylation is 2. The van der Waals surface area contributed by atoms with Crippen molar-refractivity contribution in [2.75, 3.05) is 0 Å². The molecule has 0 saturated heterocycles. The van der Waals surface area contributed by atoms with E-state index in [-0.39, 0.29) is 0 Å². The Labute approximate surface area is 107 Å². The molecule has 2 rings (SSSR count). The van der Waals surface area contributed by atoms with Gasteiger partial charge in [0.25, 0.3) is 0 Å². The molecule has 17 heavy (non-hydrogen) atoms. The molecule has 0 atom stereocenters. The summed E-state index contributed by atoms with van der Waals surface area (Å²) in [4.78, 5) is 0. The molecule has 0 aliphatic carbocycles. The van der Waals surface area contributed by atoms with Crippen molar-refractivity contribution < 1.29 is 0 Å². The van der Waals surface area contributed by atoms with E-state index in [0.717, 1.165) is 11.1 Å². The second kappa shape index (κ2) is 5.08. The first kappa shape index (κ1) is 11.8. The molecule has 0 heterocycles. The number of rotatable bonds is 0. The highest BCUT2D eigenvalue weighted by molar-refractivity contribution is 6.31. The molecule has 0 aromatic heterocycles. The van der Waals surface area contributed by atoms with Gasteiger partial charge in [-0.25, -0.2) is 0 Å². The fraction of sp³-hybridized carbons (Fsp3) is 0.125. The fourth-order valence-electron chi connectivity index (χ4n) is 1.57. The summed E-state index contributed by atoms with van der Waals surface area (Å²) < 4.78 is 0. The van der Waals surface area contributed by atoms with Crippen LogP contribution in [0.2, 0.25) is 5.02 Å². The molecule has 0 bridgehead atoms. The average molecular weight is 241 g/mol. The zero-order valence-corrected chi connectivity index (χ0v) is 10.7. The number of benzene rings is 2. The molecule has 0 aliphatic heterocycles. The minimum absolute atomic E-state index is 0.699. The first-order chi connectivity index (χ1) is 8.16. The summed E-state index contributed by atoms with van der Waals surface area (Å²) in [5.41, 5.74) is 4.34. The molecule has 1 heteroatoms. The molecule has 2 aromatic rings. The van der Waals surface area contributed by atoms with E-state index < -0.39 is 0 Å². The third kappa shape index (κ3) is 2.90. The summed E-state index contributed by atoms with van der Waals surface area (Å²) in [6, 6.07) is 13.9. The Morgan fingerprint density at radius 2 is 1.59 bits per heavy atom. The largest absolute Gasteiger partial charge is 0.0830 e. The standard InChI is InChI=1S/C16H13Cl/c1-12-7-8-13(2)15(11-12)10-9-14-5-3-4-6-16(14)17/h3-8,11H,1-2H3. The smallest absolute Gasteiger partial charge is 0.0562 e. The maximum Gasteiger partial charge on any atom is 0.0562 e. The van der Waals surface area contributed by atoms with Gasteiger partial charge in [-0.1, -0.05) is 47.7 Å². The number of halogens is 1. The van der Waals surface area contributed by atoms with Crippen molar-refractivity contribution in [2.24, 2.45) is 0 Å². The summed E-state index contributed by atoms with van der Waals surface area (Å²) in [6.45, 7) is 4.14. The lowest BCUT2D eigenvalue weighted by molar-refractivity contribution is 1.37. The summed E-state index contributed by atoms with van der Waals surface area (Å²) in [5, 5.41) is 0.699. The molecule has 0 aliphatic rings. The van der Waals surface area contributed by atoms with Crippen LogP contribution in [0.3, 0.4) is 0 Å². The molecular weight excluding hydrogens is 228 g/mol. The Hall–Kier alpha value is -1.71. The first-order valence-electron chi connectivity index (χ1n) is 5.50. The van der Waals surface area contributed by atoms with Crippen LogP contribution in [0.25, 0.3) is 0 Å². The van der Waals surface area contributed by atoms with Crippen LogP contribution in [-0.2, 0) is 0 Å². The average Bonchev–Trinajstić information content (AvgIpc) is 2.32. The maximum atomic E-state index is 6.06. The summed E-state index contributed by atoms with van der Waals surface area (Å²) in [6.07, 6.45) is 0. The van der Waals surface area contributed by atoms with E-state index in [0.29, 0.717) is 5.02 Å². The summed E-state index contributed by atoms with van der Waals surface area (Å²) in [7, 11) is 0. The fourth-order valence-corrected chi connectivity index (χ4v) is 1.75. The van der Waals surface area contributed by atoms with E-state index in [1.165, 1.54) is 11.1 Å². The van der Waals surface area contributed by atoms with Crippen molar-refractivity contribution in [1.82, 2.24) is 0 Å². The summed E-state index contributed by atoms with van der Waals surface area (Å²) >= 11 is 6.06. The third-order valence-corrected chi connectivity index (χ3v) is 2.93. The molecule has 0 N–H and O–H groups in total. The van der Waals surface area contributed by atoms with Crippen molar-refractivity contribution in [3.05, 3.63) is 69.7 Å². The van der Waals surface area contributed by atoms with Crippen molar-refractivity contribution in [2.45, 2.75) is 13.8 Å². The van der Waals surface area contributed by atoms with Gasteiger partial charge in [-0.2, -0.15) is 0 Å². The van der Waals surface area contributed by atoms with Crippen molar-refractivity contribution in [3.63, 3.8) is 0 Å². The zero-order chi connectivity index (χ0) is 12.3. The molecule has 0 saturated carbocycles. The topological polar surface area (TPSA) is 0 Å². The van der Waals surface area contributed by atoms with Crippen LogP contribution in [0.5, 0.6) is 0 Å². The molecule has 0 unspecified atom stereocenters. The van der Waals surface area contributed by atoms with Gasteiger partial charge in [0.1, 0.15) is 0 Å². The Kier molecular flexibility index (Phi) is 3.52. The highest BCUT2D eigenvalue weighted by atomic mass is 35.5. The van der Waals surface area contributed by atoms with Gasteiger partial charge in [-0.3, -0.25) is 0 Å². The van der Waals surface area contributed by atoms with E-state index in [1.807, 2.05) is 24.3 Å². The van der Waals surface area contributed by atoms with Gasteiger partial charge < -0.3 is 0 Å². The predicted octanol–water partition coefficient (Wildman–Crippen LogP) is 4.36. The molecule has 0 nitrogen and oxygen atoms in total. The SMILES string of the molecule is Cc1ccc(C)c(C#Cc2ccccc2Cl)c1. The van der Waals surface area contributed by atoms with Gasteiger partial charge >= 0.3 is 0 Å². The van der Waals surface area contributed by atoms with E-state index >= 15 is 0 Å². The van der Waals surface area contributed by atoms with E-state index in [2.05, 4.69) is 43.9 Å². The van der Waals surface area contributed by atoms with Gasteiger partial charge in [0, 0.05) is 11.1 Å². The first-order valence-corrected chi connectivity index (χ1v) is 5.88. The predicted molar refractivity (Wildman–Crippen MR) is 73.3 cm³/mol. The molecule has 0 spiro atoms. The molecular formula is C16H13Cl. The van der Waals surface area contributed by atoms with E-state index in [4.69, 9.17) is 11.6 Å². The van der Waals surface area contributed by atoms with Crippen LogP contribution in [0.15, 0.2) is 42.5 Å². The quantitative estimate of drug-likeness (QED) is 0.601. The molecule has 84 valence electrons. The molecule has 2 aromatic carbocycles. The van der Waals surface area contributed by atoms with Crippen molar-refractivity contribution in [1.29, 1.82) is 0 Å². The zero-order valence-electron chi connectivity index (χ0n) is 9.92. The van der Waals surface area contributed by atoms with Gasteiger partial charge in [-0.05, 0) is 43.2 Å². The Morgan fingerprint density at radius 3 is 2.35 bits per heavy atom. The van der Waals surface area contributed by atoms with E-state index in [9.17, 15) is 0 Å². The lowest BCUT2D eigenvalue weighted by atomic mass is 10.1. The number of hydrogen-bond acceptors (Lipinski definition) is 0. The normalized spacial score (nSPS) is 9.59. The highest BCUT2D eigenvalue weighted by Crippen LogP contribution is 2.14. The minimum Gasteiger partial charge on any atom is -0.0830 e. The van der Waals surface area contributed by atoms with E-state index in [1.54, 1.807) is 0 Å². The van der Waals surface area contributed by atoms with Crippen LogP contribution in [0.1, 0.15) is 22.3 Å². The Balaban J connectivity index is 2.40. The number of hydrogen-bond donors (Lipinski definition) is 0. The second-order valence-corrected chi connectivity index (χ2v) is 4.46. The summed E-state index contributed by atoms with van der Waals surface area (Å²) in [5.74, 6) is 6.29. The van der Waals surface area contributed by atoms with Gasteiger partial charge in [0.05, 0.1) is 5.02 Å². The van der Waals surface area contributed by atoms with Crippen LogP contribution in [0.4, 0.5) is 0 Å². The van der Waals surface area contributed by atoms with Crippen LogP contribution >= 0.6 is 11.6 Å². The minimum atomic E-state index is 0.699. The third-order valence-electron chi connectivity index (χ3n) is 2.60. The van der Waals surface area contributed by atoms with Gasteiger partial charge in [0.15, 0.2) is 0 Å². The van der Waals surface area contributed by atoms with Crippen molar-refractivity contribution in [3.8, 4) is 11.8 Å². The monoisotopic (exact) mass is 240 g/mol. The maximum absolute atomic E-state index is 6.06. The lowest BCUT2D eigenvalue weighted by Crippen LogP contribution is -1.84. The Morgan fingerprint density at radius 1 is 0.882 bits per heavy atom. The van der Waals surface area contributed by atoms with Crippen LogP contribution in [0, 0.1) is 25.7 Å².